The topological polar surface area (TPSA) is 107 Å². The third-order valence-electron chi connectivity index (χ3n) is 4.44. The van der Waals surface area contributed by atoms with E-state index >= 15 is 0 Å². The zero-order valence-corrected chi connectivity index (χ0v) is 16.2. The number of hydrogen-bond donors (Lipinski definition) is 4. The van der Waals surface area contributed by atoms with Gasteiger partial charge in [0.1, 0.15) is 0 Å². The Hall–Kier alpha value is -3.22. The van der Waals surface area contributed by atoms with Crippen LogP contribution in [0.15, 0.2) is 66.8 Å². The minimum atomic E-state index is -1.26. The van der Waals surface area contributed by atoms with Crippen molar-refractivity contribution in [3.05, 3.63) is 89.0 Å². The van der Waals surface area contributed by atoms with Gasteiger partial charge in [0.15, 0.2) is 0 Å². The molecular weight excluding hydrogens is 370 g/mol. The molecule has 0 radical (unpaired) electrons. The molecule has 1 aliphatic rings. The second kappa shape index (κ2) is 10.9. The van der Waals surface area contributed by atoms with Crippen LogP contribution < -0.4 is 5.32 Å². The summed E-state index contributed by atoms with van der Waals surface area (Å²) in [7, 11) is 1.97. The largest absolute Gasteiger partial charge is 0.478 e. The van der Waals surface area contributed by atoms with E-state index in [2.05, 4.69) is 35.7 Å². The first-order chi connectivity index (χ1) is 13.9. The number of nitrogens with one attached hydrogen (secondary N) is 1. The fourth-order valence-corrected chi connectivity index (χ4v) is 3.18. The molecule has 0 fully saturated rings. The molecule has 4 N–H and O–H groups in total. The SMILES string of the molecule is CNCC/C=C1/c2ccccc2CC(O)c2ccccc21.O=C(O)/C=C\C(=O)O. The Morgan fingerprint density at radius 2 is 1.59 bits per heavy atom. The normalized spacial score (nSPS) is 16.3. The molecule has 0 aliphatic heterocycles. The second-order valence-corrected chi connectivity index (χ2v) is 6.48. The van der Waals surface area contributed by atoms with E-state index in [0.29, 0.717) is 18.6 Å². The van der Waals surface area contributed by atoms with Crippen molar-refractivity contribution >= 4 is 17.5 Å². The molecule has 2 aromatic carbocycles. The van der Waals surface area contributed by atoms with Crippen molar-refractivity contribution in [2.45, 2.75) is 18.9 Å². The highest BCUT2D eigenvalue weighted by atomic mass is 16.4. The monoisotopic (exact) mass is 395 g/mol. The number of aliphatic carboxylic acids is 2. The van der Waals surface area contributed by atoms with Gasteiger partial charge in [-0.1, -0.05) is 54.6 Å². The lowest BCUT2D eigenvalue weighted by Gasteiger charge is -2.13. The van der Waals surface area contributed by atoms with Crippen LogP contribution in [-0.2, 0) is 16.0 Å². The zero-order valence-electron chi connectivity index (χ0n) is 16.2. The molecule has 0 heterocycles. The van der Waals surface area contributed by atoms with Crippen molar-refractivity contribution < 1.29 is 24.9 Å². The van der Waals surface area contributed by atoms with Crippen molar-refractivity contribution in [2.24, 2.45) is 0 Å². The van der Waals surface area contributed by atoms with Crippen molar-refractivity contribution in [3.8, 4) is 0 Å². The molecule has 0 amide bonds. The van der Waals surface area contributed by atoms with E-state index in [1.807, 2.05) is 31.3 Å². The molecule has 6 nitrogen and oxygen atoms in total. The van der Waals surface area contributed by atoms with Crippen LogP contribution in [0.5, 0.6) is 0 Å². The summed E-state index contributed by atoms with van der Waals surface area (Å²) in [6.07, 6.45) is 4.62. The van der Waals surface area contributed by atoms with E-state index < -0.39 is 18.0 Å². The minimum Gasteiger partial charge on any atom is -0.478 e. The van der Waals surface area contributed by atoms with Crippen LogP contribution >= 0.6 is 0 Å². The average molecular weight is 395 g/mol. The molecule has 2 aromatic rings. The molecule has 6 heteroatoms. The summed E-state index contributed by atoms with van der Waals surface area (Å²) in [5, 5.41) is 29.3. The fraction of sp³-hybridized carbons (Fsp3) is 0.217. The standard InChI is InChI=1S/C19H21NO.C4H4O4/c1-20-12-6-11-16-15-8-3-2-7-14(15)13-19(21)18-10-5-4-9-17(16)18;5-3(6)1-2-4(7)8/h2-5,7-11,19-21H,6,12-13H2,1H3;1-2H,(H,5,6)(H,7,8)/b16-11-;2-1-. The number of aliphatic hydroxyl groups excluding tert-OH is 1. The third kappa shape index (κ3) is 6.41. The van der Waals surface area contributed by atoms with E-state index in [1.165, 1.54) is 16.7 Å². The summed E-state index contributed by atoms with van der Waals surface area (Å²) < 4.78 is 0. The fourth-order valence-electron chi connectivity index (χ4n) is 3.18. The number of fused-ring (bicyclic) bond motifs is 2. The molecule has 0 bridgehead atoms. The van der Waals surface area contributed by atoms with Crippen LogP contribution in [0.3, 0.4) is 0 Å². The van der Waals surface area contributed by atoms with Crippen molar-refractivity contribution in [1.82, 2.24) is 5.32 Å². The summed E-state index contributed by atoms with van der Waals surface area (Å²) in [5.74, 6) is -2.51. The summed E-state index contributed by atoms with van der Waals surface area (Å²) >= 11 is 0. The zero-order chi connectivity index (χ0) is 21.2. The number of aliphatic hydroxyl groups is 1. The molecular formula is C23H25NO5. The Morgan fingerprint density at radius 1 is 1.00 bits per heavy atom. The van der Waals surface area contributed by atoms with Crippen molar-refractivity contribution in [2.75, 3.05) is 13.6 Å². The number of carboxylic acid groups (broad SMARTS) is 2. The maximum Gasteiger partial charge on any atom is 0.328 e. The van der Waals surface area contributed by atoms with E-state index in [1.54, 1.807) is 0 Å². The Balaban J connectivity index is 0.000000321. The number of benzene rings is 2. The number of rotatable bonds is 5. The lowest BCUT2D eigenvalue weighted by atomic mass is 9.93. The first-order valence-corrected chi connectivity index (χ1v) is 9.28. The smallest absolute Gasteiger partial charge is 0.328 e. The van der Waals surface area contributed by atoms with Gasteiger partial charge in [-0.15, -0.1) is 0 Å². The number of carboxylic acids is 2. The molecule has 1 aliphatic carbocycles. The predicted octanol–water partition coefficient (Wildman–Crippen LogP) is 3.03. The number of carbonyl (C=O) groups is 2. The Labute approximate surface area is 169 Å². The van der Waals surface area contributed by atoms with Gasteiger partial charge < -0.3 is 20.6 Å². The molecule has 1 unspecified atom stereocenters. The maximum absolute atomic E-state index is 10.5. The Kier molecular flexibility index (Phi) is 8.33. The second-order valence-electron chi connectivity index (χ2n) is 6.48. The predicted molar refractivity (Wildman–Crippen MR) is 112 cm³/mol. The highest BCUT2D eigenvalue weighted by Gasteiger charge is 2.22. The van der Waals surface area contributed by atoms with Gasteiger partial charge in [0.25, 0.3) is 0 Å². The molecule has 29 heavy (non-hydrogen) atoms. The van der Waals surface area contributed by atoms with Crippen LogP contribution in [0.4, 0.5) is 0 Å². The van der Waals surface area contributed by atoms with Crippen LogP contribution in [0.2, 0.25) is 0 Å². The molecule has 1 atom stereocenters. The Bertz CT molecular complexity index is 901. The van der Waals surface area contributed by atoms with Crippen LogP contribution in [-0.4, -0.2) is 40.9 Å². The van der Waals surface area contributed by atoms with Crippen LogP contribution in [0.1, 0.15) is 34.8 Å². The summed E-state index contributed by atoms with van der Waals surface area (Å²) in [6, 6.07) is 16.6. The van der Waals surface area contributed by atoms with E-state index in [-0.39, 0.29) is 0 Å². The van der Waals surface area contributed by atoms with Gasteiger partial charge in [0, 0.05) is 18.6 Å². The molecule has 0 saturated carbocycles. The van der Waals surface area contributed by atoms with Crippen LogP contribution in [0.25, 0.3) is 5.57 Å². The van der Waals surface area contributed by atoms with Crippen LogP contribution in [0, 0.1) is 0 Å². The van der Waals surface area contributed by atoms with E-state index in [4.69, 9.17) is 10.2 Å². The van der Waals surface area contributed by atoms with E-state index in [9.17, 15) is 14.7 Å². The quantitative estimate of drug-likeness (QED) is 0.458. The van der Waals surface area contributed by atoms with E-state index in [0.717, 1.165) is 24.1 Å². The van der Waals surface area contributed by atoms with Gasteiger partial charge in [0.05, 0.1) is 6.10 Å². The highest BCUT2D eigenvalue weighted by Crippen LogP contribution is 2.37. The lowest BCUT2D eigenvalue weighted by molar-refractivity contribution is -0.134. The van der Waals surface area contributed by atoms with Gasteiger partial charge in [0.2, 0.25) is 0 Å². The minimum absolute atomic E-state index is 0.433. The van der Waals surface area contributed by atoms with Gasteiger partial charge in [-0.05, 0) is 47.8 Å². The average Bonchev–Trinajstić information content (AvgIpc) is 2.82. The highest BCUT2D eigenvalue weighted by molar-refractivity contribution is 5.89. The van der Waals surface area contributed by atoms with Crippen molar-refractivity contribution in [1.29, 1.82) is 0 Å². The molecule has 3 rings (SSSR count). The lowest BCUT2D eigenvalue weighted by Crippen LogP contribution is -2.06. The van der Waals surface area contributed by atoms with Gasteiger partial charge in [-0.25, -0.2) is 9.59 Å². The van der Waals surface area contributed by atoms with Gasteiger partial charge in [-0.2, -0.15) is 0 Å². The van der Waals surface area contributed by atoms with Gasteiger partial charge >= 0.3 is 11.9 Å². The summed E-state index contributed by atoms with van der Waals surface area (Å²) in [5.41, 5.74) is 5.90. The first-order valence-electron chi connectivity index (χ1n) is 9.28. The third-order valence-corrected chi connectivity index (χ3v) is 4.44. The first kappa shape index (κ1) is 22.1. The molecule has 0 aromatic heterocycles. The van der Waals surface area contributed by atoms with Crippen molar-refractivity contribution in [3.63, 3.8) is 0 Å². The maximum atomic E-state index is 10.5. The molecule has 152 valence electrons. The molecule has 0 spiro atoms. The summed E-state index contributed by atoms with van der Waals surface area (Å²) in [6.45, 7) is 0.955. The van der Waals surface area contributed by atoms with Gasteiger partial charge in [-0.3, -0.25) is 0 Å². The Morgan fingerprint density at radius 3 is 2.21 bits per heavy atom. The number of hydrogen-bond acceptors (Lipinski definition) is 4. The summed E-state index contributed by atoms with van der Waals surface area (Å²) in [4.78, 5) is 19.1. The molecule has 0 saturated heterocycles.